The van der Waals surface area contributed by atoms with Crippen molar-refractivity contribution in [3.63, 3.8) is 0 Å². The molecule has 0 aromatic carbocycles. The predicted molar refractivity (Wildman–Crippen MR) is 83.9 cm³/mol. The van der Waals surface area contributed by atoms with E-state index in [2.05, 4.69) is 67.2 Å². The van der Waals surface area contributed by atoms with E-state index in [0.29, 0.717) is 5.41 Å². The third-order valence-corrected chi connectivity index (χ3v) is 3.73. The largest absolute Gasteiger partial charge is 0.355 e. The summed E-state index contributed by atoms with van der Waals surface area (Å²) >= 11 is 0. The van der Waals surface area contributed by atoms with Crippen LogP contribution < -0.4 is 10.2 Å². The van der Waals surface area contributed by atoms with Gasteiger partial charge in [-0.05, 0) is 51.2 Å². The zero-order valence-electron chi connectivity index (χ0n) is 13.5. The summed E-state index contributed by atoms with van der Waals surface area (Å²) in [6.07, 6.45) is 2.53. The van der Waals surface area contributed by atoms with Gasteiger partial charge in [-0.2, -0.15) is 5.10 Å². The summed E-state index contributed by atoms with van der Waals surface area (Å²) in [5.41, 5.74) is 1.49. The Hall–Kier alpha value is -1.16. The number of aromatic nitrogens is 2. The number of hydrogen-bond acceptors (Lipinski definition) is 4. The number of anilines is 1. The Bertz CT molecular complexity index is 431. The molecule has 1 aliphatic heterocycles. The Balaban J connectivity index is 1.97. The van der Waals surface area contributed by atoms with Gasteiger partial charge in [-0.15, -0.1) is 5.10 Å². The third-order valence-electron chi connectivity index (χ3n) is 3.73. The van der Waals surface area contributed by atoms with E-state index in [4.69, 9.17) is 0 Å². The lowest BCUT2D eigenvalue weighted by Crippen LogP contribution is -2.40. The van der Waals surface area contributed by atoms with Crippen LogP contribution in [0.2, 0.25) is 0 Å². The summed E-state index contributed by atoms with van der Waals surface area (Å²) in [5, 5.41) is 12.2. The minimum atomic E-state index is 0.108. The molecular formula is C16H28N4. The quantitative estimate of drug-likeness (QED) is 0.921. The number of nitrogens with one attached hydrogen (secondary N) is 1. The number of rotatable bonds is 3. The second kappa shape index (κ2) is 5.68. The molecule has 4 heteroatoms. The van der Waals surface area contributed by atoms with Crippen LogP contribution in [0.3, 0.4) is 0 Å². The van der Waals surface area contributed by atoms with Gasteiger partial charge in [0.15, 0.2) is 5.82 Å². The lowest BCUT2D eigenvalue weighted by atomic mass is 9.84. The first kappa shape index (κ1) is 15.2. The van der Waals surface area contributed by atoms with E-state index in [1.54, 1.807) is 0 Å². The normalized spacial score (nSPS) is 19.1. The van der Waals surface area contributed by atoms with Gasteiger partial charge in [0.2, 0.25) is 0 Å². The van der Waals surface area contributed by atoms with Crippen molar-refractivity contribution in [3.05, 3.63) is 17.8 Å². The first-order valence-electron chi connectivity index (χ1n) is 7.58. The predicted octanol–water partition coefficient (Wildman–Crippen LogP) is 2.99. The van der Waals surface area contributed by atoms with Crippen LogP contribution in [0.5, 0.6) is 0 Å². The van der Waals surface area contributed by atoms with Crippen molar-refractivity contribution in [1.82, 2.24) is 15.5 Å². The highest BCUT2D eigenvalue weighted by atomic mass is 15.3. The van der Waals surface area contributed by atoms with Crippen molar-refractivity contribution in [1.29, 1.82) is 0 Å². The molecule has 2 heterocycles. The summed E-state index contributed by atoms with van der Waals surface area (Å²) < 4.78 is 0. The molecule has 1 aliphatic rings. The summed E-state index contributed by atoms with van der Waals surface area (Å²) in [5.74, 6) is 1.01. The molecule has 1 N–H and O–H groups in total. The molecule has 0 saturated carbocycles. The van der Waals surface area contributed by atoms with E-state index >= 15 is 0 Å². The van der Waals surface area contributed by atoms with Crippen LogP contribution in [0.4, 0.5) is 5.82 Å². The zero-order valence-corrected chi connectivity index (χ0v) is 13.5. The molecular weight excluding hydrogens is 248 g/mol. The fourth-order valence-electron chi connectivity index (χ4n) is 2.59. The first-order chi connectivity index (χ1) is 9.25. The monoisotopic (exact) mass is 276 g/mol. The van der Waals surface area contributed by atoms with Crippen LogP contribution in [0, 0.1) is 5.41 Å². The van der Waals surface area contributed by atoms with E-state index < -0.39 is 0 Å². The van der Waals surface area contributed by atoms with Crippen LogP contribution in [0.1, 0.15) is 53.2 Å². The molecule has 0 amide bonds. The van der Waals surface area contributed by atoms with Crippen molar-refractivity contribution < 1.29 is 0 Å². The average molecular weight is 276 g/mol. The molecule has 1 fully saturated rings. The highest BCUT2D eigenvalue weighted by Gasteiger charge is 2.27. The smallest absolute Gasteiger partial charge is 0.151 e. The summed E-state index contributed by atoms with van der Waals surface area (Å²) in [6, 6.07) is 4.19. The Morgan fingerprint density at radius 1 is 1.25 bits per heavy atom. The molecule has 20 heavy (non-hydrogen) atoms. The highest BCUT2D eigenvalue weighted by molar-refractivity contribution is 5.38. The molecule has 0 atom stereocenters. The van der Waals surface area contributed by atoms with Gasteiger partial charge >= 0.3 is 0 Å². The Morgan fingerprint density at radius 3 is 2.55 bits per heavy atom. The van der Waals surface area contributed by atoms with Crippen molar-refractivity contribution in [2.24, 2.45) is 5.41 Å². The minimum Gasteiger partial charge on any atom is -0.355 e. The number of hydrogen-bond donors (Lipinski definition) is 1. The average Bonchev–Trinajstić information content (AvgIpc) is 2.35. The van der Waals surface area contributed by atoms with Gasteiger partial charge in [0, 0.05) is 25.2 Å². The van der Waals surface area contributed by atoms with Crippen molar-refractivity contribution >= 4 is 5.82 Å². The van der Waals surface area contributed by atoms with E-state index in [1.165, 1.54) is 12.8 Å². The van der Waals surface area contributed by atoms with E-state index in [1.807, 2.05) is 0 Å². The zero-order chi connectivity index (χ0) is 14.8. The van der Waals surface area contributed by atoms with Gasteiger partial charge in [-0.25, -0.2) is 0 Å². The fourth-order valence-corrected chi connectivity index (χ4v) is 2.59. The summed E-state index contributed by atoms with van der Waals surface area (Å²) in [6.45, 7) is 14.1. The lowest BCUT2D eigenvalue weighted by Gasteiger charge is -2.38. The van der Waals surface area contributed by atoms with Gasteiger partial charge in [0.05, 0.1) is 5.69 Å². The van der Waals surface area contributed by atoms with Gasteiger partial charge < -0.3 is 10.2 Å². The topological polar surface area (TPSA) is 41.0 Å². The lowest BCUT2D eigenvalue weighted by molar-refractivity contribution is 0.291. The first-order valence-corrected chi connectivity index (χ1v) is 7.58. The SMILES string of the molecule is CC1(C)CCCN(c2ccc(CNC(C)(C)C)nn2)C1. The van der Waals surface area contributed by atoms with E-state index in [9.17, 15) is 0 Å². The van der Waals surface area contributed by atoms with Gasteiger partial charge in [-0.1, -0.05) is 13.8 Å². The van der Waals surface area contributed by atoms with Crippen LogP contribution >= 0.6 is 0 Å². The Kier molecular flexibility index (Phi) is 4.33. The molecule has 0 bridgehead atoms. The fraction of sp³-hybridized carbons (Fsp3) is 0.750. The van der Waals surface area contributed by atoms with Gasteiger partial charge in [-0.3, -0.25) is 0 Å². The van der Waals surface area contributed by atoms with Gasteiger partial charge in [0.25, 0.3) is 0 Å². The van der Waals surface area contributed by atoms with E-state index in [0.717, 1.165) is 31.1 Å². The van der Waals surface area contributed by atoms with Crippen molar-refractivity contribution in [3.8, 4) is 0 Å². The molecule has 1 aromatic heterocycles. The Labute approximate surface area is 123 Å². The summed E-state index contributed by atoms with van der Waals surface area (Å²) in [7, 11) is 0. The van der Waals surface area contributed by atoms with Crippen LogP contribution in [-0.2, 0) is 6.54 Å². The molecule has 1 saturated heterocycles. The molecule has 0 radical (unpaired) electrons. The minimum absolute atomic E-state index is 0.108. The number of piperidine rings is 1. The molecule has 0 unspecified atom stereocenters. The van der Waals surface area contributed by atoms with Gasteiger partial charge in [0.1, 0.15) is 0 Å². The van der Waals surface area contributed by atoms with Crippen molar-refractivity contribution in [2.75, 3.05) is 18.0 Å². The van der Waals surface area contributed by atoms with Crippen LogP contribution in [0.25, 0.3) is 0 Å². The number of nitrogens with zero attached hydrogens (tertiary/aromatic N) is 3. The molecule has 0 spiro atoms. The second-order valence-corrected chi connectivity index (χ2v) is 7.68. The highest BCUT2D eigenvalue weighted by Crippen LogP contribution is 2.30. The standard InChI is InChI=1S/C16H28N4/c1-15(2,3)17-11-13-7-8-14(19-18-13)20-10-6-9-16(4,5)12-20/h7-8,17H,6,9-12H2,1-5H3. The maximum atomic E-state index is 4.40. The molecule has 112 valence electrons. The maximum Gasteiger partial charge on any atom is 0.151 e. The van der Waals surface area contributed by atoms with Crippen LogP contribution in [0.15, 0.2) is 12.1 Å². The molecule has 4 nitrogen and oxygen atoms in total. The summed E-state index contributed by atoms with van der Waals surface area (Å²) in [4.78, 5) is 2.36. The molecule has 2 rings (SSSR count). The van der Waals surface area contributed by atoms with E-state index in [-0.39, 0.29) is 5.54 Å². The molecule has 0 aliphatic carbocycles. The Morgan fingerprint density at radius 2 is 2.00 bits per heavy atom. The second-order valence-electron chi connectivity index (χ2n) is 7.68. The van der Waals surface area contributed by atoms with Crippen molar-refractivity contribution in [2.45, 2.75) is 59.5 Å². The molecule has 1 aromatic rings. The maximum absolute atomic E-state index is 4.40. The third kappa shape index (κ3) is 4.44. The van der Waals surface area contributed by atoms with Crippen LogP contribution in [-0.4, -0.2) is 28.8 Å².